The van der Waals surface area contributed by atoms with Crippen molar-refractivity contribution in [2.75, 3.05) is 12.4 Å². The van der Waals surface area contributed by atoms with Crippen LogP contribution in [-0.2, 0) is 11.2 Å². The van der Waals surface area contributed by atoms with Gasteiger partial charge in [0.1, 0.15) is 17.4 Å². The topological polar surface area (TPSA) is 62.1 Å². The summed E-state index contributed by atoms with van der Waals surface area (Å²) in [4.78, 5) is 12.8. The first-order valence-corrected chi connectivity index (χ1v) is 10.6. The number of rotatable bonds is 6. The van der Waals surface area contributed by atoms with Crippen molar-refractivity contribution in [1.29, 1.82) is 5.26 Å². The molecule has 0 bridgehead atoms. The highest BCUT2D eigenvalue weighted by Crippen LogP contribution is 2.26. The molecule has 156 valence electrons. The van der Waals surface area contributed by atoms with E-state index in [1.165, 1.54) is 0 Å². The minimum absolute atomic E-state index is 0.0387. The molecule has 3 aromatic rings. The molecule has 0 aliphatic heterocycles. The predicted octanol–water partition coefficient (Wildman–Crippen LogP) is 6.21. The van der Waals surface area contributed by atoms with Crippen molar-refractivity contribution in [3.8, 4) is 11.8 Å². The molecule has 0 aliphatic carbocycles. The first-order chi connectivity index (χ1) is 14.9. The SMILES string of the molecule is COc1ccc(/C=C(\C#N)C(=O)Nc2ccc(C)c(C)c2)c(Cc2ccccc2Br)c1. The highest BCUT2D eigenvalue weighted by molar-refractivity contribution is 9.10. The summed E-state index contributed by atoms with van der Waals surface area (Å²) in [6, 6.07) is 21.3. The predicted molar refractivity (Wildman–Crippen MR) is 128 cm³/mol. The molecular weight excluding hydrogens is 452 g/mol. The zero-order valence-electron chi connectivity index (χ0n) is 17.7. The van der Waals surface area contributed by atoms with Crippen LogP contribution in [0, 0.1) is 25.2 Å². The first kappa shape index (κ1) is 22.3. The maximum atomic E-state index is 12.8. The molecule has 0 atom stereocenters. The van der Waals surface area contributed by atoms with Gasteiger partial charge >= 0.3 is 0 Å². The fourth-order valence-electron chi connectivity index (χ4n) is 3.17. The largest absolute Gasteiger partial charge is 0.497 e. The first-order valence-electron chi connectivity index (χ1n) is 9.82. The molecule has 0 aliphatic rings. The fraction of sp³-hybridized carbons (Fsp3) is 0.154. The number of nitriles is 1. The van der Waals surface area contributed by atoms with Gasteiger partial charge < -0.3 is 10.1 Å². The number of carbonyl (C=O) groups is 1. The van der Waals surface area contributed by atoms with Gasteiger partial charge in [-0.25, -0.2) is 0 Å². The Morgan fingerprint density at radius 1 is 1.06 bits per heavy atom. The number of halogens is 1. The lowest BCUT2D eigenvalue weighted by Crippen LogP contribution is -2.13. The second-order valence-corrected chi connectivity index (χ2v) is 8.11. The van der Waals surface area contributed by atoms with Gasteiger partial charge in [0, 0.05) is 10.2 Å². The molecule has 0 aromatic heterocycles. The van der Waals surface area contributed by atoms with E-state index in [9.17, 15) is 10.1 Å². The number of hydrogen-bond donors (Lipinski definition) is 1. The average Bonchev–Trinajstić information content (AvgIpc) is 2.76. The minimum atomic E-state index is -0.437. The number of ether oxygens (including phenoxy) is 1. The van der Waals surface area contributed by atoms with Crippen molar-refractivity contribution in [1.82, 2.24) is 0 Å². The van der Waals surface area contributed by atoms with Crippen LogP contribution in [0.4, 0.5) is 5.69 Å². The van der Waals surface area contributed by atoms with Gasteiger partial charge in [0.2, 0.25) is 0 Å². The molecule has 0 unspecified atom stereocenters. The van der Waals surface area contributed by atoms with Gasteiger partial charge in [0.25, 0.3) is 5.91 Å². The van der Waals surface area contributed by atoms with Gasteiger partial charge in [-0.2, -0.15) is 5.26 Å². The second-order valence-electron chi connectivity index (χ2n) is 7.26. The van der Waals surface area contributed by atoms with E-state index in [-0.39, 0.29) is 5.57 Å². The standard InChI is InChI=1S/C26H23BrN2O2/c1-17-8-10-23(12-18(17)2)29-26(30)22(16-28)13-19-9-11-24(31-3)15-21(19)14-20-6-4-5-7-25(20)27/h4-13,15H,14H2,1-3H3,(H,29,30)/b22-13+. The van der Waals surface area contributed by atoms with Crippen molar-refractivity contribution in [3.63, 3.8) is 0 Å². The Morgan fingerprint density at radius 3 is 2.52 bits per heavy atom. The molecule has 4 nitrogen and oxygen atoms in total. The maximum Gasteiger partial charge on any atom is 0.266 e. The van der Waals surface area contributed by atoms with Crippen LogP contribution in [-0.4, -0.2) is 13.0 Å². The zero-order valence-corrected chi connectivity index (χ0v) is 19.3. The van der Waals surface area contributed by atoms with E-state index in [1.54, 1.807) is 13.2 Å². The number of hydrogen-bond acceptors (Lipinski definition) is 3. The number of benzene rings is 3. The number of carbonyl (C=O) groups excluding carboxylic acids is 1. The fourth-order valence-corrected chi connectivity index (χ4v) is 3.60. The summed E-state index contributed by atoms with van der Waals surface area (Å²) in [5, 5.41) is 12.5. The van der Waals surface area contributed by atoms with Crippen LogP contribution in [0.15, 0.2) is 70.7 Å². The summed E-state index contributed by atoms with van der Waals surface area (Å²) in [6.45, 7) is 4.00. The third-order valence-electron chi connectivity index (χ3n) is 5.12. The van der Waals surface area contributed by atoms with Crippen molar-refractivity contribution in [2.45, 2.75) is 20.3 Å². The Labute approximate surface area is 191 Å². The van der Waals surface area contributed by atoms with Gasteiger partial charge in [-0.05, 0) is 84.5 Å². The van der Waals surface area contributed by atoms with E-state index in [1.807, 2.05) is 80.6 Å². The Bertz CT molecular complexity index is 1190. The molecular formula is C26H23BrN2O2. The number of amides is 1. The third kappa shape index (κ3) is 5.62. The van der Waals surface area contributed by atoms with Crippen molar-refractivity contribution < 1.29 is 9.53 Å². The quantitative estimate of drug-likeness (QED) is 0.341. The zero-order chi connectivity index (χ0) is 22.4. The molecule has 0 saturated heterocycles. The molecule has 3 aromatic carbocycles. The Hall–Kier alpha value is -3.36. The normalized spacial score (nSPS) is 11.0. The van der Waals surface area contributed by atoms with Crippen molar-refractivity contribution in [3.05, 3.63) is 98.5 Å². The van der Waals surface area contributed by atoms with Gasteiger partial charge in [-0.15, -0.1) is 0 Å². The van der Waals surface area contributed by atoms with Gasteiger partial charge in [-0.1, -0.05) is 46.3 Å². The molecule has 0 spiro atoms. The minimum Gasteiger partial charge on any atom is -0.497 e. The highest BCUT2D eigenvalue weighted by Gasteiger charge is 2.13. The highest BCUT2D eigenvalue weighted by atomic mass is 79.9. The number of nitrogens with zero attached hydrogens (tertiary/aromatic N) is 1. The van der Waals surface area contributed by atoms with E-state index in [0.717, 1.165) is 38.0 Å². The van der Waals surface area contributed by atoms with Crippen LogP contribution in [0.3, 0.4) is 0 Å². The van der Waals surface area contributed by atoms with E-state index in [2.05, 4.69) is 21.2 Å². The summed E-state index contributed by atoms with van der Waals surface area (Å²) in [7, 11) is 1.62. The third-order valence-corrected chi connectivity index (χ3v) is 5.89. The summed E-state index contributed by atoms with van der Waals surface area (Å²) in [5.74, 6) is 0.283. The van der Waals surface area contributed by atoms with Crippen molar-refractivity contribution >= 4 is 33.6 Å². The molecule has 3 rings (SSSR count). The summed E-state index contributed by atoms with van der Waals surface area (Å²) in [5.41, 5.74) is 5.77. The Kier molecular flexibility index (Phi) is 7.28. The van der Waals surface area contributed by atoms with Crippen LogP contribution in [0.5, 0.6) is 5.75 Å². The van der Waals surface area contributed by atoms with E-state index >= 15 is 0 Å². The second kappa shape index (κ2) is 10.1. The molecule has 0 fully saturated rings. The molecule has 0 heterocycles. The van der Waals surface area contributed by atoms with Crippen molar-refractivity contribution in [2.24, 2.45) is 0 Å². The summed E-state index contributed by atoms with van der Waals surface area (Å²) < 4.78 is 6.38. The summed E-state index contributed by atoms with van der Waals surface area (Å²) >= 11 is 3.59. The molecule has 1 amide bonds. The molecule has 5 heteroatoms. The number of anilines is 1. The van der Waals surface area contributed by atoms with Crippen LogP contribution < -0.4 is 10.1 Å². The lowest BCUT2D eigenvalue weighted by atomic mass is 9.97. The summed E-state index contributed by atoms with van der Waals surface area (Å²) in [6.07, 6.45) is 2.25. The van der Waals surface area contributed by atoms with E-state index < -0.39 is 5.91 Å². The number of methoxy groups -OCH3 is 1. The van der Waals surface area contributed by atoms with Crippen LogP contribution in [0.2, 0.25) is 0 Å². The lowest BCUT2D eigenvalue weighted by Gasteiger charge is -2.11. The number of nitrogens with one attached hydrogen (secondary N) is 1. The van der Waals surface area contributed by atoms with Gasteiger partial charge in [0.05, 0.1) is 7.11 Å². The Morgan fingerprint density at radius 2 is 1.84 bits per heavy atom. The van der Waals surface area contributed by atoms with Gasteiger partial charge in [-0.3, -0.25) is 4.79 Å². The monoisotopic (exact) mass is 474 g/mol. The number of aryl methyl sites for hydroxylation is 2. The maximum absolute atomic E-state index is 12.8. The van der Waals surface area contributed by atoms with Gasteiger partial charge in [0.15, 0.2) is 0 Å². The van der Waals surface area contributed by atoms with E-state index in [0.29, 0.717) is 12.1 Å². The van der Waals surface area contributed by atoms with Crippen LogP contribution in [0.25, 0.3) is 6.08 Å². The van der Waals surface area contributed by atoms with Crippen LogP contribution >= 0.6 is 15.9 Å². The van der Waals surface area contributed by atoms with Crippen LogP contribution in [0.1, 0.15) is 27.8 Å². The molecule has 1 N–H and O–H groups in total. The average molecular weight is 475 g/mol. The lowest BCUT2D eigenvalue weighted by molar-refractivity contribution is -0.112. The molecule has 31 heavy (non-hydrogen) atoms. The van der Waals surface area contributed by atoms with E-state index in [4.69, 9.17) is 4.74 Å². The Balaban J connectivity index is 1.93. The molecule has 0 radical (unpaired) electrons. The molecule has 0 saturated carbocycles. The smallest absolute Gasteiger partial charge is 0.266 e.